The number of aromatic nitrogens is 1. The van der Waals surface area contributed by atoms with Crippen molar-refractivity contribution in [3.8, 4) is 17.0 Å². The monoisotopic (exact) mass is 414 g/mol. The Bertz CT molecular complexity index is 1060. The second-order valence-electron chi connectivity index (χ2n) is 7.03. The number of nitrogens with one attached hydrogen (secondary N) is 1. The molecule has 1 amide bonds. The van der Waals surface area contributed by atoms with E-state index in [4.69, 9.17) is 0 Å². The van der Waals surface area contributed by atoms with Crippen LogP contribution in [0.2, 0.25) is 0 Å². The Balaban J connectivity index is 1.65. The molecule has 0 aliphatic rings. The van der Waals surface area contributed by atoms with E-state index in [1.807, 2.05) is 13.0 Å². The van der Waals surface area contributed by atoms with Crippen molar-refractivity contribution >= 4 is 5.91 Å². The van der Waals surface area contributed by atoms with Crippen molar-refractivity contribution in [2.24, 2.45) is 0 Å². The number of pyridine rings is 1. The van der Waals surface area contributed by atoms with Gasteiger partial charge in [-0.25, -0.2) is 0 Å². The van der Waals surface area contributed by atoms with E-state index in [0.29, 0.717) is 35.5 Å². The number of benzene rings is 2. The zero-order valence-corrected chi connectivity index (χ0v) is 16.5. The molecule has 0 atom stereocenters. The van der Waals surface area contributed by atoms with Crippen molar-refractivity contribution in [1.82, 2.24) is 10.3 Å². The topological polar surface area (TPSA) is 62.2 Å². The second kappa shape index (κ2) is 8.57. The smallest absolute Gasteiger partial charge is 0.416 e. The van der Waals surface area contributed by atoms with Gasteiger partial charge in [-0.05, 0) is 61.7 Å². The summed E-state index contributed by atoms with van der Waals surface area (Å²) in [6, 6.07) is 13.3. The molecule has 3 aromatic rings. The molecule has 0 fully saturated rings. The number of alkyl halides is 3. The zero-order valence-electron chi connectivity index (χ0n) is 16.5. The Labute approximate surface area is 172 Å². The summed E-state index contributed by atoms with van der Waals surface area (Å²) in [4.78, 5) is 16.8. The van der Waals surface area contributed by atoms with Gasteiger partial charge in [-0.15, -0.1) is 0 Å². The first-order valence-electron chi connectivity index (χ1n) is 9.37. The molecule has 30 heavy (non-hydrogen) atoms. The van der Waals surface area contributed by atoms with Crippen LogP contribution in [0.4, 0.5) is 13.2 Å². The lowest BCUT2D eigenvalue weighted by molar-refractivity contribution is -0.137. The second-order valence-corrected chi connectivity index (χ2v) is 7.03. The van der Waals surface area contributed by atoms with Crippen LogP contribution < -0.4 is 5.32 Å². The number of hydrogen-bond acceptors (Lipinski definition) is 3. The maximum absolute atomic E-state index is 12.7. The van der Waals surface area contributed by atoms with Gasteiger partial charge in [0.15, 0.2) is 0 Å². The number of hydrogen-bond donors (Lipinski definition) is 2. The summed E-state index contributed by atoms with van der Waals surface area (Å²) in [6.07, 6.45) is -3.77. The molecule has 0 saturated heterocycles. The predicted octanol–water partition coefficient (Wildman–Crippen LogP) is 5.06. The van der Waals surface area contributed by atoms with Gasteiger partial charge in [0.05, 0.1) is 22.5 Å². The highest BCUT2D eigenvalue weighted by Gasteiger charge is 2.30. The molecule has 0 bridgehead atoms. The average Bonchev–Trinajstić information content (AvgIpc) is 2.70. The molecule has 0 saturated carbocycles. The fourth-order valence-electron chi connectivity index (χ4n) is 3.08. The molecular formula is C23H21F3N2O2. The highest BCUT2D eigenvalue weighted by Crippen LogP contribution is 2.30. The molecule has 0 aliphatic carbocycles. The highest BCUT2D eigenvalue weighted by molar-refractivity contribution is 5.95. The molecule has 2 aromatic carbocycles. The first-order valence-corrected chi connectivity index (χ1v) is 9.37. The Morgan fingerprint density at radius 2 is 1.73 bits per heavy atom. The maximum atomic E-state index is 12.7. The Hall–Kier alpha value is -3.35. The van der Waals surface area contributed by atoms with Gasteiger partial charge in [0, 0.05) is 12.1 Å². The van der Waals surface area contributed by atoms with E-state index >= 15 is 0 Å². The number of aromatic hydroxyl groups is 1. The lowest BCUT2D eigenvalue weighted by Crippen LogP contribution is -2.26. The number of carbonyl (C=O) groups excluding carboxylic acids is 1. The van der Waals surface area contributed by atoms with Crippen molar-refractivity contribution < 1.29 is 23.1 Å². The number of rotatable bonds is 5. The molecule has 4 nitrogen and oxygen atoms in total. The molecule has 1 heterocycles. The molecule has 0 radical (unpaired) electrons. The molecule has 2 N–H and O–H groups in total. The third kappa shape index (κ3) is 4.97. The number of amides is 1. The van der Waals surface area contributed by atoms with Crippen LogP contribution in [0.3, 0.4) is 0 Å². The van der Waals surface area contributed by atoms with Crippen LogP contribution >= 0.6 is 0 Å². The van der Waals surface area contributed by atoms with Crippen molar-refractivity contribution in [2.75, 3.05) is 6.54 Å². The van der Waals surface area contributed by atoms with Crippen LogP contribution in [0, 0.1) is 13.8 Å². The standard InChI is InChI=1S/C23H21F3N2O2/c1-14-13-16(3-10-21(14)29)11-12-27-22(30)19-8-9-20(28-15(19)2)17-4-6-18(7-5-17)23(24,25)26/h3-10,13,29H,11-12H2,1-2H3,(H,27,30). The molecule has 1 aromatic heterocycles. The molecule has 3 rings (SSSR count). The van der Waals surface area contributed by atoms with E-state index in [1.54, 1.807) is 31.2 Å². The van der Waals surface area contributed by atoms with Gasteiger partial charge in [0.25, 0.3) is 5.91 Å². The third-order valence-corrected chi connectivity index (χ3v) is 4.80. The van der Waals surface area contributed by atoms with Crippen LogP contribution in [0.1, 0.15) is 32.7 Å². The summed E-state index contributed by atoms with van der Waals surface area (Å²) in [5.41, 5.74) is 3.00. The van der Waals surface area contributed by atoms with Crippen molar-refractivity contribution in [2.45, 2.75) is 26.4 Å². The SMILES string of the molecule is Cc1cc(CCNC(=O)c2ccc(-c3ccc(C(F)(F)F)cc3)nc2C)ccc1O. The summed E-state index contributed by atoms with van der Waals surface area (Å²) < 4.78 is 38.1. The van der Waals surface area contributed by atoms with Gasteiger partial charge in [-0.2, -0.15) is 13.2 Å². The van der Waals surface area contributed by atoms with Crippen molar-refractivity contribution in [1.29, 1.82) is 0 Å². The van der Waals surface area contributed by atoms with Crippen LogP contribution in [-0.2, 0) is 12.6 Å². The van der Waals surface area contributed by atoms with Gasteiger partial charge in [0.1, 0.15) is 5.75 Å². The fourth-order valence-corrected chi connectivity index (χ4v) is 3.08. The number of nitrogens with zero attached hydrogens (tertiary/aromatic N) is 1. The summed E-state index contributed by atoms with van der Waals surface area (Å²) in [6.45, 7) is 3.92. The average molecular weight is 414 g/mol. The number of phenols is 1. The van der Waals surface area contributed by atoms with E-state index in [2.05, 4.69) is 10.3 Å². The molecule has 156 valence electrons. The molecule has 0 unspecified atom stereocenters. The van der Waals surface area contributed by atoms with E-state index in [9.17, 15) is 23.1 Å². The number of phenolic OH excluding ortho intramolecular Hbond substituents is 1. The number of halogens is 3. The minimum absolute atomic E-state index is 0.234. The van der Waals surface area contributed by atoms with E-state index in [1.165, 1.54) is 12.1 Å². The predicted molar refractivity (Wildman–Crippen MR) is 108 cm³/mol. The first-order chi connectivity index (χ1) is 14.1. The maximum Gasteiger partial charge on any atom is 0.416 e. The molecular weight excluding hydrogens is 393 g/mol. The Morgan fingerprint density at radius 3 is 2.33 bits per heavy atom. The Morgan fingerprint density at radius 1 is 1.03 bits per heavy atom. The van der Waals surface area contributed by atoms with E-state index in [-0.39, 0.29) is 11.7 Å². The molecule has 0 aliphatic heterocycles. The molecule has 0 spiro atoms. The first kappa shape index (κ1) is 21.4. The van der Waals surface area contributed by atoms with Gasteiger partial charge < -0.3 is 10.4 Å². The quantitative estimate of drug-likeness (QED) is 0.613. The normalized spacial score (nSPS) is 11.4. The van der Waals surface area contributed by atoms with E-state index in [0.717, 1.165) is 23.3 Å². The van der Waals surface area contributed by atoms with Crippen LogP contribution in [0.15, 0.2) is 54.6 Å². The Kier molecular flexibility index (Phi) is 6.10. The highest BCUT2D eigenvalue weighted by atomic mass is 19.4. The zero-order chi connectivity index (χ0) is 21.9. The minimum atomic E-state index is -4.39. The number of carbonyl (C=O) groups is 1. The summed E-state index contributed by atoms with van der Waals surface area (Å²) in [5, 5.41) is 12.4. The van der Waals surface area contributed by atoms with Gasteiger partial charge in [0.2, 0.25) is 0 Å². The van der Waals surface area contributed by atoms with Crippen LogP contribution in [0.25, 0.3) is 11.3 Å². The molecule has 7 heteroatoms. The summed E-state index contributed by atoms with van der Waals surface area (Å²) >= 11 is 0. The van der Waals surface area contributed by atoms with Crippen LogP contribution in [-0.4, -0.2) is 22.5 Å². The van der Waals surface area contributed by atoms with Crippen molar-refractivity contribution in [3.05, 3.63) is 82.5 Å². The minimum Gasteiger partial charge on any atom is -0.508 e. The van der Waals surface area contributed by atoms with Crippen molar-refractivity contribution in [3.63, 3.8) is 0 Å². The van der Waals surface area contributed by atoms with Gasteiger partial charge >= 0.3 is 6.18 Å². The summed E-state index contributed by atoms with van der Waals surface area (Å²) in [7, 11) is 0. The third-order valence-electron chi connectivity index (χ3n) is 4.80. The fraction of sp³-hybridized carbons (Fsp3) is 0.217. The summed E-state index contributed by atoms with van der Waals surface area (Å²) in [5.74, 6) is -0.0351. The van der Waals surface area contributed by atoms with Crippen LogP contribution in [0.5, 0.6) is 5.75 Å². The lowest BCUT2D eigenvalue weighted by atomic mass is 10.1. The van der Waals surface area contributed by atoms with Gasteiger partial charge in [-0.1, -0.05) is 24.3 Å². The number of aryl methyl sites for hydroxylation is 2. The van der Waals surface area contributed by atoms with Gasteiger partial charge in [-0.3, -0.25) is 9.78 Å². The largest absolute Gasteiger partial charge is 0.508 e. The van der Waals surface area contributed by atoms with E-state index < -0.39 is 11.7 Å². The lowest BCUT2D eigenvalue weighted by Gasteiger charge is -2.11.